The van der Waals surface area contributed by atoms with Gasteiger partial charge in [-0.05, 0) is 23.8 Å². The summed E-state index contributed by atoms with van der Waals surface area (Å²) in [5.74, 6) is -0.593. The lowest BCUT2D eigenvalue weighted by Gasteiger charge is -2.22. The number of thiazole rings is 1. The van der Waals surface area contributed by atoms with Crippen molar-refractivity contribution in [2.45, 2.75) is 19.1 Å². The first kappa shape index (κ1) is 26.2. The highest BCUT2D eigenvalue weighted by molar-refractivity contribution is 7.14. The molecule has 2 aromatic carbocycles. The first-order valence-electron chi connectivity index (χ1n) is 10.7. The minimum Gasteiger partial charge on any atom is -0.383 e. The van der Waals surface area contributed by atoms with Gasteiger partial charge in [0.1, 0.15) is 5.69 Å². The Hall–Kier alpha value is -3.44. The molecule has 0 spiro atoms. The summed E-state index contributed by atoms with van der Waals surface area (Å²) in [4.78, 5) is 31.1. The Labute approximate surface area is 204 Å². The van der Waals surface area contributed by atoms with E-state index in [1.54, 1.807) is 0 Å². The minimum atomic E-state index is -4.46. The van der Waals surface area contributed by atoms with Crippen LogP contribution in [0.4, 0.5) is 24.0 Å². The molecular formula is C24H25F3N4O3S. The molecule has 7 nitrogen and oxygen atoms in total. The second-order valence-electron chi connectivity index (χ2n) is 7.55. The third-order valence-electron chi connectivity index (χ3n) is 4.91. The molecule has 11 heteroatoms. The van der Waals surface area contributed by atoms with Crippen molar-refractivity contribution in [1.82, 2.24) is 15.2 Å². The van der Waals surface area contributed by atoms with Gasteiger partial charge in [-0.2, -0.15) is 13.2 Å². The number of alkyl halides is 3. The van der Waals surface area contributed by atoms with E-state index >= 15 is 0 Å². The van der Waals surface area contributed by atoms with Gasteiger partial charge in [-0.25, -0.2) is 4.98 Å². The summed E-state index contributed by atoms with van der Waals surface area (Å²) >= 11 is 1.10. The predicted octanol–water partition coefficient (Wildman–Crippen LogP) is 4.70. The number of nitrogens with zero attached hydrogens (tertiary/aromatic N) is 2. The van der Waals surface area contributed by atoms with Gasteiger partial charge in [0, 0.05) is 44.2 Å². The van der Waals surface area contributed by atoms with Crippen LogP contribution in [0.3, 0.4) is 0 Å². The standard InChI is InChI=1S/C24H25F3N4O3S/c1-34-13-11-28-21(32)10-12-31(15-17-6-3-2-4-7-17)22(33)20-16-35-23(30-20)29-19-9-5-8-18(14-19)24(25,26)27/h2-9,14,16H,10-13,15H2,1H3,(H,28,32)(H,29,30). The van der Waals surface area contributed by atoms with Crippen molar-refractivity contribution in [2.24, 2.45) is 0 Å². The zero-order valence-electron chi connectivity index (χ0n) is 19.0. The highest BCUT2D eigenvalue weighted by Gasteiger charge is 2.30. The van der Waals surface area contributed by atoms with Crippen LogP contribution < -0.4 is 10.6 Å². The Bertz CT molecular complexity index is 1120. The maximum Gasteiger partial charge on any atom is 0.416 e. The number of amides is 2. The van der Waals surface area contributed by atoms with Crippen molar-refractivity contribution in [3.05, 3.63) is 76.8 Å². The molecule has 0 fully saturated rings. The molecule has 3 aromatic rings. The van der Waals surface area contributed by atoms with Crippen molar-refractivity contribution in [3.8, 4) is 0 Å². The number of carbonyl (C=O) groups excluding carboxylic acids is 2. The second-order valence-corrected chi connectivity index (χ2v) is 8.40. The molecule has 2 N–H and O–H groups in total. The summed E-state index contributed by atoms with van der Waals surface area (Å²) in [5.41, 5.74) is 0.452. The van der Waals surface area contributed by atoms with E-state index in [-0.39, 0.29) is 47.8 Å². The molecule has 0 saturated carbocycles. The molecule has 1 heterocycles. The van der Waals surface area contributed by atoms with Gasteiger partial charge in [0.25, 0.3) is 5.91 Å². The number of carbonyl (C=O) groups is 2. The highest BCUT2D eigenvalue weighted by Crippen LogP contribution is 2.32. The Morgan fingerprint density at radius 2 is 1.89 bits per heavy atom. The highest BCUT2D eigenvalue weighted by atomic mass is 32.1. The number of anilines is 2. The number of hydrogen-bond donors (Lipinski definition) is 2. The van der Waals surface area contributed by atoms with E-state index in [0.29, 0.717) is 13.2 Å². The minimum absolute atomic E-state index is 0.0990. The molecular weight excluding hydrogens is 481 g/mol. The molecule has 2 amide bonds. The van der Waals surface area contributed by atoms with Crippen molar-refractivity contribution < 1.29 is 27.5 Å². The second kappa shape index (κ2) is 12.3. The maximum atomic E-state index is 13.2. The van der Waals surface area contributed by atoms with Gasteiger partial charge in [-0.1, -0.05) is 36.4 Å². The Kier molecular flexibility index (Phi) is 9.21. The fourth-order valence-corrected chi connectivity index (χ4v) is 3.87. The fourth-order valence-electron chi connectivity index (χ4n) is 3.16. The van der Waals surface area contributed by atoms with E-state index in [1.807, 2.05) is 30.3 Å². The number of benzene rings is 2. The fraction of sp³-hybridized carbons (Fsp3) is 0.292. The molecule has 186 valence electrons. The summed E-state index contributed by atoms with van der Waals surface area (Å²) in [6.07, 6.45) is -4.36. The molecule has 0 unspecified atom stereocenters. The molecule has 0 atom stereocenters. The average Bonchev–Trinajstić information content (AvgIpc) is 3.30. The van der Waals surface area contributed by atoms with Gasteiger partial charge in [-0.15, -0.1) is 11.3 Å². The van der Waals surface area contributed by atoms with E-state index in [2.05, 4.69) is 15.6 Å². The molecule has 3 rings (SSSR count). The quantitative estimate of drug-likeness (QED) is 0.369. The van der Waals surface area contributed by atoms with E-state index in [0.717, 1.165) is 29.0 Å². The maximum absolute atomic E-state index is 13.2. The van der Waals surface area contributed by atoms with Crippen LogP contribution in [0.25, 0.3) is 0 Å². The lowest BCUT2D eigenvalue weighted by Crippen LogP contribution is -2.35. The molecule has 1 aromatic heterocycles. The summed E-state index contributed by atoms with van der Waals surface area (Å²) < 4.78 is 43.8. The molecule has 0 aliphatic carbocycles. The van der Waals surface area contributed by atoms with E-state index in [9.17, 15) is 22.8 Å². The van der Waals surface area contributed by atoms with Crippen LogP contribution in [-0.4, -0.2) is 48.5 Å². The summed E-state index contributed by atoms with van der Waals surface area (Å²) in [6, 6.07) is 14.1. The number of aromatic nitrogens is 1. The molecule has 0 bridgehead atoms. The molecule has 0 radical (unpaired) electrons. The monoisotopic (exact) mass is 506 g/mol. The van der Waals surface area contributed by atoms with E-state index in [1.165, 1.54) is 29.5 Å². The molecule has 35 heavy (non-hydrogen) atoms. The summed E-state index contributed by atoms with van der Waals surface area (Å²) in [5, 5.41) is 7.36. The Balaban J connectivity index is 1.70. The van der Waals surface area contributed by atoms with Crippen molar-refractivity contribution >= 4 is 34.0 Å². The van der Waals surface area contributed by atoms with Gasteiger partial charge in [0.2, 0.25) is 5.91 Å². The number of hydrogen-bond acceptors (Lipinski definition) is 6. The van der Waals surface area contributed by atoms with E-state index in [4.69, 9.17) is 4.74 Å². The number of methoxy groups -OCH3 is 1. The lowest BCUT2D eigenvalue weighted by atomic mass is 10.2. The summed E-state index contributed by atoms with van der Waals surface area (Å²) in [6.45, 7) is 1.21. The van der Waals surface area contributed by atoms with Crippen LogP contribution in [0, 0.1) is 0 Å². The number of ether oxygens (including phenoxy) is 1. The Morgan fingerprint density at radius 1 is 1.11 bits per heavy atom. The lowest BCUT2D eigenvalue weighted by molar-refractivity contribution is -0.137. The third-order valence-corrected chi connectivity index (χ3v) is 5.66. The molecule has 0 aliphatic rings. The van der Waals surface area contributed by atoms with Crippen molar-refractivity contribution in [1.29, 1.82) is 0 Å². The van der Waals surface area contributed by atoms with Gasteiger partial charge in [0.05, 0.1) is 12.2 Å². The van der Waals surface area contributed by atoms with E-state index < -0.39 is 11.7 Å². The molecule has 0 aliphatic heterocycles. The van der Waals surface area contributed by atoms with Gasteiger partial charge in [-0.3, -0.25) is 9.59 Å². The SMILES string of the molecule is COCCNC(=O)CCN(Cc1ccccc1)C(=O)c1csc(Nc2cccc(C(F)(F)F)c2)n1. The van der Waals surface area contributed by atoms with Gasteiger partial charge < -0.3 is 20.3 Å². The normalized spacial score (nSPS) is 11.2. The smallest absolute Gasteiger partial charge is 0.383 e. The zero-order chi connectivity index (χ0) is 25.3. The first-order chi connectivity index (χ1) is 16.8. The topological polar surface area (TPSA) is 83.6 Å². The molecule has 0 saturated heterocycles. The number of nitrogens with one attached hydrogen (secondary N) is 2. The van der Waals surface area contributed by atoms with Crippen LogP contribution in [-0.2, 0) is 22.3 Å². The van der Waals surface area contributed by atoms with Gasteiger partial charge in [0.15, 0.2) is 5.13 Å². The van der Waals surface area contributed by atoms with Gasteiger partial charge >= 0.3 is 6.18 Å². The van der Waals surface area contributed by atoms with Crippen molar-refractivity contribution in [2.75, 3.05) is 32.1 Å². The zero-order valence-corrected chi connectivity index (χ0v) is 19.8. The summed E-state index contributed by atoms with van der Waals surface area (Å²) in [7, 11) is 1.54. The Morgan fingerprint density at radius 3 is 2.60 bits per heavy atom. The van der Waals surface area contributed by atoms with Crippen LogP contribution in [0.2, 0.25) is 0 Å². The van der Waals surface area contributed by atoms with Crippen molar-refractivity contribution in [3.63, 3.8) is 0 Å². The third kappa shape index (κ3) is 8.08. The number of rotatable bonds is 11. The number of halogens is 3. The van der Waals surface area contributed by atoms with Crippen LogP contribution in [0.15, 0.2) is 60.0 Å². The van der Waals surface area contributed by atoms with Crippen LogP contribution in [0.1, 0.15) is 28.0 Å². The van der Waals surface area contributed by atoms with Crippen LogP contribution >= 0.6 is 11.3 Å². The average molecular weight is 507 g/mol. The van der Waals surface area contributed by atoms with Crippen LogP contribution in [0.5, 0.6) is 0 Å². The predicted molar refractivity (Wildman–Crippen MR) is 128 cm³/mol. The first-order valence-corrected chi connectivity index (χ1v) is 11.6. The largest absolute Gasteiger partial charge is 0.416 e.